The molecular weight excluding hydrogens is 286 g/mol. The topological polar surface area (TPSA) is 85.1 Å². The van der Waals surface area contributed by atoms with Crippen LogP contribution in [0.25, 0.3) is 11.0 Å². The Morgan fingerprint density at radius 2 is 2.11 bits per heavy atom. The summed E-state index contributed by atoms with van der Waals surface area (Å²) in [6, 6.07) is 8.46. The molecule has 0 fully saturated rings. The zero-order chi connectivity index (χ0) is 13.3. The van der Waals surface area contributed by atoms with Crippen molar-refractivity contribution in [3.63, 3.8) is 0 Å². The van der Waals surface area contributed by atoms with Gasteiger partial charge in [-0.05, 0) is 33.9 Å². The summed E-state index contributed by atoms with van der Waals surface area (Å²) >= 11 is 1.49. The van der Waals surface area contributed by atoms with E-state index in [0.29, 0.717) is 5.52 Å². The van der Waals surface area contributed by atoms with Gasteiger partial charge in [0.2, 0.25) is 10.0 Å². The summed E-state index contributed by atoms with van der Waals surface area (Å²) in [4.78, 5) is 1.01. The van der Waals surface area contributed by atoms with E-state index in [0.717, 1.165) is 4.88 Å². The van der Waals surface area contributed by atoms with Gasteiger partial charge in [-0.2, -0.15) is 0 Å². The number of rotatable bonds is 4. The largest absolute Gasteiger partial charge is 0.243 e. The third kappa shape index (κ3) is 2.37. The Hall–Kier alpha value is -1.77. The van der Waals surface area contributed by atoms with Gasteiger partial charge in [0.25, 0.3) is 0 Å². The second-order valence-corrected chi connectivity index (χ2v) is 6.56. The summed E-state index contributed by atoms with van der Waals surface area (Å²) in [5.41, 5.74) is 0.653. The molecule has 0 saturated heterocycles. The number of thiophene rings is 1. The van der Waals surface area contributed by atoms with Crippen molar-refractivity contribution in [2.24, 2.45) is 0 Å². The Kier molecular flexibility index (Phi) is 3.05. The number of sulfonamides is 1. The second kappa shape index (κ2) is 4.72. The van der Waals surface area contributed by atoms with Crippen molar-refractivity contribution in [2.45, 2.75) is 11.4 Å². The van der Waals surface area contributed by atoms with Crippen LogP contribution in [0, 0.1) is 0 Å². The lowest BCUT2D eigenvalue weighted by Gasteiger charge is -2.05. The van der Waals surface area contributed by atoms with E-state index in [4.69, 9.17) is 0 Å². The maximum Gasteiger partial charge on any atom is 0.243 e. The molecule has 0 unspecified atom stereocenters. The third-order valence-electron chi connectivity index (χ3n) is 2.56. The maximum absolute atomic E-state index is 12.2. The van der Waals surface area contributed by atoms with E-state index in [2.05, 4.69) is 19.7 Å². The minimum atomic E-state index is -3.64. The molecule has 0 atom stereocenters. The minimum Gasteiger partial charge on any atom is -0.243 e. The zero-order valence-corrected chi connectivity index (χ0v) is 11.2. The van der Waals surface area contributed by atoms with E-state index in [1.807, 2.05) is 17.5 Å². The number of nitrogens with zero attached hydrogens (tertiary/aromatic N) is 2. The van der Waals surface area contributed by atoms with Crippen LogP contribution in [0.4, 0.5) is 0 Å². The lowest BCUT2D eigenvalue weighted by molar-refractivity contribution is 0.315. The van der Waals surface area contributed by atoms with Gasteiger partial charge in [0.1, 0.15) is 10.4 Å². The summed E-state index contributed by atoms with van der Waals surface area (Å²) in [7, 11) is -3.64. The van der Waals surface area contributed by atoms with E-state index in [9.17, 15) is 8.42 Å². The van der Waals surface area contributed by atoms with Crippen molar-refractivity contribution in [3.05, 3.63) is 40.6 Å². The molecular formula is C11H9N3O3S2. The van der Waals surface area contributed by atoms with Gasteiger partial charge >= 0.3 is 0 Å². The molecule has 2 heterocycles. The fraction of sp³-hybridized carbons (Fsp3) is 0.0909. The summed E-state index contributed by atoms with van der Waals surface area (Å²) in [6.07, 6.45) is 0. The van der Waals surface area contributed by atoms with Gasteiger partial charge in [0, 0.05) is 11.4 Å². The molecule has 0 spiro atoms. The fourth-order valence-corrected chi connectivity index (χ4v) is 3.55. The molecule has 8 heteroatoms. The maximum atomic E-state index is 12.2. The second-order valence-electron chi connectivity index (χ2n) is 3.79. The van der Waals surface area contributed by atoms with Crippen molar-refractivity contribution in [2.75, 3.05) is 0 Å². The van der Waals surface area contributed by atoms with Crippen LogP contribution in [0.5, 0.6) is 0 Å². The van der Waals surface area contributed by atoms with Crippen LogP contribution in [-0.2, 0) is 16.6 Å². The van der Waals surface area contributed by atoms with Crippen LogP contribution in [0.2, 0.25) is 0 Å². The predicted molar refractivity (Wildman–Crippen MR) is 70.1 cm³/mol. The van der Waals surface area contributed by atoms with Gasteiger partial charge in [-0.3, -0.25) is 0 Å². The fourth-order valence-electron chi connectivity index (χ4n) is 1.66. The van der Waals surface area contributed by atoms with Crippen molar-refractivity contribution < 1.29 is 13.0 Å². The highest BCUT2D eigenvalue weighted by Crippen LogP contribution is 2.20. The first-order chi connectivity index (χ1) is 9.17. The molecule has 0 amide bonds. The monoisotopic (exact) mass is 295 g/mol. The molecule has 0 radical (unpaired) electrons. The van der Waals surface area contributed by atoms with E-state index >= 15 is 0 Å². The standard InChI is InChI=1S/C11H9N3O3S2/c15-19(16,12-7-8-3-2-6-18-8)10-5-1-4-9-11(10)14-17-13-9/h1-6,12H,7H2. The summed E-state index contributed by atoms with van der Waals surface area (Å²) < 4.78 is 31.5. The van der Waals surface area contributed by atoms with Gasteiger partial charge < -0.3 is 0 Å². The summed E-state index contributed by atoms with van der Waals surface area (Å²) in [5, 5.41) is 9.15. The minimum absolute atomic E-state index is 0.0720. The molecule has 0 saturated carbocycles. The van der Waals surface area contributed by atoms with Crippen molar-refractivity contribution in [1.82, 2.24) is 15.0 Å². The van der Waals surface area contributed by atoms with Gasteiger partial charge in [0.15, 0.2) is 5.52 Å². The Balaban J connectivity index is 1.93. The number of hydrogen-bond donors (Lipinski definition) is 1. The van der Waals surface area contributed by atoms with Gasteiger partial charge in [-0.15, -0.1) is 11.3 Å². The van der Waals surface area contributed by atoms with Crippen LogP contribution in [0.3, 0.4) is 0 Å². The summed E-state index contributed by atoms with van der Waals surface area (Å²) in [6.45, 7) is 0.252. The number of nitrogens with one attached hydrogen (secondary N) is 1. The number of hydrogen-bond acceptors (Lipinski definition) is 6. The normalized spacial score (nSPS) is 12.0. The molecule has 98 valence electrons. The van der Waals surface area contributed by atoms with Crippen LogP contribution in [-0.4, -0.2) is 18.7 Å². The molecule has 3 rings (SSSR count). The van der Waals surface area contributed by atoms with Crippen LogP contribution >= 0.6 is 11.3 Å². The molecule has 0 aliphatic carbocycles. The molecule has 0 aliphatic rings. The third-order valence-corrected chi connectivity index (χ3v) is 4.86. The Morgan fingerprint density at radius 3 is 2.89 bits per heavy atom. The van der Waals surface area contributed by atoms with Crippen molar-refractivity contribution in [1.29, 1.82) is 0 Å². The van der Waals surface area contributed by atoms with Gasteiger partial charge in [-0.25, -0.2) is 17.8 Å². The van der Waals surface area contributed by atoms with E-state index in [1.54, 1.807) is 12.1 Å². The average molecular weight is 295 g/mol. The smallest absolute Gasteiger partial charge is 0.243 e. The van der Waals surface area contributed by atoms with E-state index in [1.165, 1.54) is 17.4 Å². The predicted octanol–water partition coefficient (Wildman–Crippen LogP) is 1.76. The number of aromatic nitrogens is 2. The molecule has 0 bridgehead atoms. The molecule has 3 aromatic rings. The zero-order valence-electron chi connectivity index (χ0n) is 9.61. The summed E-state index contributed by atoms with van der Waals surface area (Å²) in [5.74, 6) is 0. The molecule has 19 heavy (non-hydrogen) atoms. The van der Waals surface area contributed by atoms with Crippen LogP contribution in [0.15, 0.2) is 45.2 Å². The molecule has 1 N–H and O–H groups in total. The average Bonchev–Trinajstić information content (AvgIpc) is 3.06. The first-order valence-electron chi connectivity index (χ1n) is 5.40. The lowest BCUT2D eigenvalue weighted by atomic mass is 10.3. The van der Waals surface area contributed by atoms with Gasteiger partial charge in [0.05, 0.1) is 0 Å². The SMILES string of the molecule is O=S(=O)(NCc1cccs1)c1cccc2nonc12. The molecule has 1 aromatic carbocycles. The Bertz CT molecular complexity index is 794. The highest BCUT2D eigenvalue weighted by atomic mass is 32.2. The van der Waals surface area contributed by atoms with Crippen LogP contribution < -0.4 is 4.72 Å². The Labute approximate surface area is 113 Å². The lowest BCUT2D eigenvalue weighted by Crippen LogP contribution is -2.23. The highest BCUT2D eigenvalue weighted by molar-refractivity contribution is 7.89. The Morgan fingerprint density at radius 1 is 1.21 bits per heavy atom. The first kappa shape index (κ1) is 12.3. The van der Waals surface area contributed by atoms with E-state index in [-0.39, 0.29) is 17.0 Å². The van der Waals surface area contributed by atoms with Crippen LogP contribution in [0.1, 0.15) is 4.88 Å². The van der Waals surface area contributed by atoms with Crippen molar-refractivity contribution in [3.8, 4) is 0 Å². The van der Waals surface area contributed by atoms with Gasteiger partial charge in [-0.1, -0.05) is 12.1 Å². The molecule has 0 aliphatic heterocycles. The molecule has 2 aromatic heterocycles. The van der Waals surface area contributed by atoms with E-state index < -0.39 is 10.0 Å². The number of benzene rings is 1. The quantitative estimate of drug-likeness (QED) is 0.792. The first-order valence-corrected chi connectivity index (χ1v) is 7.76. The molecule has 6 nitrogen and oxygen atoms in total. The number of fused-ring (bicyclic) bond motifs is 1. The van der Waals surface area contributed by atoms with Crippen molar-refractivity contribution >= 4 is 32.4 Å². The highest BCUT2D eigenvalue weighted by Gasteiger charge is 2.19.